The molecule has 0 unspecified atom stereocenters. The summed E-state index contributed by atoms with van der Waals surface area (Å²) in [6.45, 7) is 9.58. The molecule has 0 aliphatic carbocycles. The summed E-state index contributed by atoms with van der Waals surface area (Å²) in [6, 6.07) is 4.03. The highest BCUT2D eigenvalue weighted by molar-refractivity contribution is 5.61. The van der Waals surface area contributed by atoms with Crippen LogP contribution >= 0.6 is 0 Å². The maximum Gasteiger partial charge on any atom is 0.417 e. The Bertz CT molecular complexity index is 1300. The van der Waals surface area contributed by atoms with Gasteiger partial charge in [0.25, 0.3) is 0 Å². The van der Waals surface area contributed by atoms with Gasteiger partial charge in [0.2, 0.25) is 5.95 Å². The van der Waals surface area contributed by atoms with Crippen molar-refractivity contribution >= 4 is 11.6 Å². The number of aryl methyl sites for hydroxylation is 2. The molecular weight excluding hydrogens is 447 g/mol. The van der Waals surface area contributed by atoms with E-state index in [1.807, 2.05) is 25.1 Å². The third-order valence-electron chi connectivity index (χ3n) is 5.49. The van der Waals surface area contributed by atoms with Gasteiger partial charge in [-0.2, -0.15) is 18.3 Å². The highest BCUT2D eigenvalue weighted by Crippen LogP contribution is 2.31. The first-order chi connectivity index (χ1) is 16.3. The van der Waals surface area contributed by atoms with Crippen molar-refractivity contribution in [3.63, 3.8) is 0 Å². The molecule has 0 radical (unpaired) electrons. The van der Waals surface area contributed by atoms with Crippen LogP contribution in [0.5, 0.6) is 0 Å². The van der Waals surface area contributed by atoms with Crippen molar-refractivity contribution in [1.82, 2.24) is 29.1 Å². The molecule has 8 nitrogen and oxygen atoms in total. The molecule has 1 fully saturated rings. The Morgan fingerprint density at radius 3 is 2.62 bits per heavy atom. The lowest BCUT2D eigenvalue weighted by Crippen LogP contribution is -2.39. The Morgan fingerprint density at radius 2 is 1.91 bits per heavy atom. The van der Waals surface area contributed by atoms with Gasteiger partial charge < -0.3 is 9.64 Å². The van der Waals surface area contributed by atoms with E-state index >= 15 is 0 Å². The predicted molar refractivity (Wildman–Crippen MR) is 121 cm³/mol. The molecule has 4 aromatic heterocycles. The standard InChI is InChI=1S/C21H20F3N7O.C2H4/c1-13-15(11-29(2)28-13)18-12-30(7-8-32-18)20-25-6-5-16(27-20)17-9-26-19-4-3-14(10-31(17)19)21(22,23)24;1-2/h3-6,9-11,18H,7-8,12H2,1-2H3;1-2H2/t18-;/m0./s1. The number of morpholine rings is 1. The second-order valence-electron chi connectivity index (χ2n) is 7.68. The second-order valence-corrected chi connectivity index (χ2v) is 7.68. The number of hydrogen-bond acceptors (Lipinski definition) is 6. The lowest BCUT2D eigenvalue weighted by molar-refractivity contribution is -0.137. The minimum absolute atomic E-state index is 0.171. The molecule has 34 heavy (non-hydrogen) atoms. The van der Waals surface area contributed by atoms with E-state index in [-0.39, 0.29) is 6.10 Å². The summed E-state index contributed by atoms with van der Waals surface area (Å²) < 4.78 is 48.7. The second kappa shape index (κ2) is 9.26. The fraction of sp³-hybridized carbons (Fsp3) is 0.304. The summed E-state index contributed by atoms with van der Waals surface area (Å²) >= 11 is 0. The van der Waals surface area contributed by atoms with Crippen molar-refractivity contribution in [2.45, 2.75) is 19.2 Å². The Balaban J connectivity index is 0.00000133. The van der Waals surface area contributed by atoms with Crippen molar-refractivity contribution in [2.75, 3.05) is 24.6 Å². The van der Waals surface area contributed by atoms with E-state index in [0.29, 0.717) is 42.7 Å². The summed E-state index contributed by atoms with van der Waals surface area (Å²) in [7, 11) is 1.86. The van der Waals surface area contributed by atoms with Crippen LogP contribution in [-0.2, 0) is 18.0 Å². The molecular formula is C23H24F3N7O. The van der Waals surface area contributed by atoms with Gasteiger partial charge in [-0.05, 0) is 25.1 Å². The van der Waals surface area contributed by atoms with Gasteiger partial charge in [0.1, 0.15) is 11.8 Å². The maximum atomic E-state index is 13.2. The van der Waals surface area contributed by atoms with E-state index in [1.165, 1.54) is 16.7 Å². The molecule has 0 amide bonds. The number of aromatic nitrogens is 6. The minimum atomic E-state index is -4.44. The molecule has 5 rings (SSSR count). The van der Waals surface area contributed by atoms with E-state index in [1.54, 1.807) is 16.9 Å². The zero-order chi connectivity index (χ0) is 24.5. The molecule has 0 spiro atoms. The molecule has 1 aliphatic rings. The Labute approximate surface area is 194 Å². The minimum Gasteiger partial charge on any atom is -0.370 e. The monoisotopic (exact) mass is 471 g/mol. The first kappa shape index (κ1) is 23.4. The number of imidazole rings is 1. The van der Waals surface area contributed by atoms with E-state index < -0.39 is 11.7 Å². The molecule has 4 aromatic rings. The van der Waals surface area contributed by atoms with Crippen molar-refractivity contribution < 1.29 is 17.9 Å². The van der Waals surface area contributed by atoms with Crippen molar-refractivity contribution in [3.05, 3.63) is 73.0 Å². The molecule has 1 aliphatic heterocycles. The average molecular weight is 471 g/mol. The summed E-state index contributed by atoms with van der Waals surface area (Å²) in [5.74, 6) is 0.485. The van der Waals surface area contributed by atoms with E-state index in [0.717, 1.165) is 23.5 Å². The first-order valence-corrected chi connectivity index (χ1v) is 10.5. The number of alkyl halides is 3. The molecule has 1 saturated heterocycles. The number of fused-ring (bicyclic) bond motifs is 1. The molecule has 0 N–H and O–H groups in total. The van der Waals surface area contributed by atoms with Gasteiger partial charge in [0.15, 0.2) is 0 Å². The number of rotatable bonds is 3. The van der Waals surface area contributed by atoms with Crippen LogP contribution in [0.3, 0.4) is 0 Å². The van der Waals surface area contributed by atoms with Crippen LogP contribution in [0.15, 0.2) is 56.1 Å². The van der Waals surface area contributed by atoms with Gasteiger partial charge in [-0.3, -0.25) is 9.08 Å². The fourth-order valence-electron chi connectivity index (χ4n) is 3.93. The van der Waals surface area contributed by atoms with E-state index in [4.69, 9.17) is 4.74 Å². The van der Waals surface area contributed by atoms with Crippen molar-refractivity contribution in [3.8, 4) is 11.4 Å². The van der Waals surface area contributed by atoms with Crippen molar-refractivity contribution in [1.29, 1.82) is 0 Å². The summed E-state index contributed by atoms with van der Waals surface area (Å²) in [5, 5.41) is 4.38. The van der Waals surface area contributed by atoms with Gasteiger partial charge in [-0.15, -0.1) is 13.2 Å². The van der Waals surface area contributed by atoms with Crippen LogP contribution in [-0.4, -0.2) is 48.8 Å². The number of anilines is 1. The van der Waals surface area contributed by atoms with Gasteiger partial charge in [0, 0.05) is 37.7 Å². The largest absolute Gasteiger partial charge is 0.417 e. The molecule has 0 aromatic carbocycles. The third-order valence-corrected chi connectivity index (χ3v) is 5.49. The lowest BCUT2D eigenvalue weighted by atomic mass is 10.1. The molecule has 11 heteroatoms. The highest BCUT2D eigenvalue weighted by atomic mass is 19.4. The van der Waals surface area contributed by atoms with Gasteiger partial charge in [-0.25, -0.2) is 15.0 Å². The smallest absolute Gasteiger partial charge is 0.370 e. The van der Waals surface area contributed by atoms with Crippen LogP contribution < -0.4 is 4.90 Å². The Kier molecular flexibility index (Phi) is 6.38. The van der Waals surface area contributed by atoms with E-state index in [9.17, 15) is 13.2 Å². The average Bonchev–Trinajstić information content (AvgIpc) is 3.42. The third kappa shape index (κ3) is 4.51. The molecule has 0 bridgehead atoms. The molecule has 1 atom stereocenters. The molecule has 5 heterocycles. The number of halogens is 3. The number of ether oxygens (including phenoxy) is 1. The van der Waals surface area contributed by atoms with Crippen LogP contribution in [0, 0.1) is 6.92 Å². The Hall–Kier alpha value is -3.73. The summed E-state index contributed by atoms with van der Waals surface area (Å²) in [6.07, 6.45) is 1.48. The van der Waals surface area contributed by atoms with Gasteiger partial charge in [-0.1, -0.05) is 0 Å². The number of pyridine rings is 1. The first-order valence-electron chi connectivity index (χ1n) is 10.5. The predicted octanol–water partition coefficient (Wildman–Crippen LogP) is 4.23. The zero-order valence-corrected chi connectivity index (χ0v) is 18.8. The van der Waals surface area contributed by atoms with Crippen LogP contribution in [0.4, 0.5) is 19.1 Å². The van der Waals surface area contributed by atoms with Crippen molar-refractivity contribution in [2.24, 2.45) is 7.05 Å². The molecule has 178 valence electrons. The van der Waals surface area contributed by atoms with Gasteiger partial charge >= 0.3 is 6.18 Å². The van der Waals surface area contributed by atoms with Gasteiger partial charge in [0.05, 0.1) is 42.0 Å². The molecule has 0 saturated carbocycles. The van der Waals surface area contributed by atoms with Crippen LogP contribution in [0.2, 0.25) is 0 Å². The normalized spacial score (nSPS) is 16.4. The summed E-state index contributed by atoms with van der Waals surface area (Å²) in [5.41, 5.74) is 2.52. The number of hydrogen-bond donors (Lipinski definition) is 0. The Morgan fingerprint density at radius 1 is 1.12 bits per heavy atom. The summed E-state index contributed by atoms with van der Waals surface area (Å²) in [4.78, 5) is 15.3. The number of nitrogens with zero attached hydrogens (tertiary/aromatic N) is 7. The maximum absolute atomic E-state index is 13.2. The highest BCUT2D eigenvalue weighted by Gasteiger charge is 2.31. The van der Waals surface area contributed by atoms with E-state index in [2.05, 4.69) is 33.2 Å². The SMILES string of the molecule is C=C.Cc1nn(C)cc1[C@@H]1CN(c2nccc(-c3cnc4ccc(C(F)(F)F)cn34)n2)CCO1. The lowest BCUT2D eigenvalue weighted by Gasteiger charge is -2.33. The topological polar surface area (TPSA) is 73.4 Å². The quantitative estimate of drug-likeness (QED) is 0.417. The zero-order valence-electron chi connectivity index (χ0n) is 18.8. The fourth-order valence-corrected chi connectivity index (χ4v) is 3.93. The van der Waals surface area contributed by atoms with Crippen LogP contribution in [0.1, 0.15) is 22.9 Å². The van der Waals surface area contributed by atoms with Crippen LogP contribution in [0.25, 0.3) is 17.0 Å².